The zero-order valence-electron chi connectivity index (χ0n) is 11.9. The summed E-state index contributed by atoms with van der Waals surface area (Å²) in [5, 5.41) is 10.4. The summed E-state index contributed by atoms with van der Waals surface area (Å²) in [7, 11) is 2.11. The number of nitro groups is 1. The minimum atomic E-state index is -0.432. The zero-order chi connectivity index (χ0) is 14.2. The Balaban J connectivity index is 2.41. The van der Waals surface area contributed by atoms with Crippen molar-refractivity contribution in [2.24, 2.45) is 0 Å². The van der Waals surface area contributed by atoms with E-state index in [1.165, 1.54) is 11.3 Å². The lowest BCUT2D eigenvalue weighted by Crippen LogP contribution is -2.45. The first kappa shape index (κ1) is 13.6. The Morgan fingerprint density at radius 3 is 2.79 bits per heavy atom. The van der Waals surface area contributed by atoms with Crippen molar-refractivity contribution in [3.63, 3.8) is 0 Å². The number of rotatable bonds is 2. The number of hydrogen-bond donors (Lipinski definition) is 0. The molecule has 19 heavy (non-hydrogen) atoms. The normalized spacial score (nSPS) is 21.5. The van der Waals surface area contributed by atoms with Crippen molar-refractivity contribution < 1.29 is 4.92 Å². The standard InChI is InChI=1S/C15H20N2O2/c1-11-10-15(2,3)16(4)14-6-5-12(9-13(11)14)7-8-17(18)19/h5-9,11H,10H2,1-4H3/b8-7-. The fourth-order valence-corrected chi connectivity index (χ4v) is 2.85. The highest BCUT2D eigenvalue weighted by Crippen LogP contribution is 2.42. The molecule has 1 aliphatic heterocycles. The average molecular weight is 260 g/mol. The predicted octanol–water partition coefficient (Wildman–Crippen LogP) is 3.66. The fourth-order valence-electron chi connectivity index (χ4n) is 2.85. The van der Waals surface area contributed by atoms with Crippen molar-refractivity contribution >= 4 is 11.8 Å². The summed E-state index contributed by atoms with van der Waals surface area (Å²) < 4.78 is 0. The molecule has 0 spiro atoms. The van der Waals surface area contributed by atoms with E-state index in [0.29, 0.717) is 5.92 Å². The first-order valence-corrected chi connectivity index (χ1v) is 6.51. The molecule has 0 bridgehead atoms. The molecule has 0 fully saturated rings. The van der Waals surface area contributed by atoms with E-state index in [2.05, 4.69) is 44.9 Å². The minimum absolute atomic E-state index is 0.143. The number of fused-ring (bicyclic) bond motifs is 1. The molecule has 1 atom stereocenters. The van der Waals surface area contributed by atoms with Crippen molar-refractivity contribution in [1.82, 2.24) is 0 Å². The van der Waals surface area contributed by atoms with Crippen molar-refractivity contribution in [3.8, 4) is 0 Å². The summed E-state index contributed by atoms with van der Waals surface area (Å²) >= 11 is 0. The monoisotopic (exact) mass is 260 g/mol. The Bertz CT molecular complexity index is 535. The third-order valence-electron chi connectivity index (χ3n) is 4.05. The molecular weight excluding hydrogens is 240 g/mol. The average Bonchev–Trinajstić information content (AvgIpc) is 2.33. The van der Waals surface area contributed by atoms with E-state index in [1.54, 1.807) is 6.08 Å². The van der Waals surface area contributed by atoms with Gasteiger partial charge < -0.3 is 4.90 Å². The van der Waals surface area contributed by atoms with Gasteiger partial charge in [0.2, 0.25) is 6.20 Å². The van der Waals surface area contributed by atoms with Crippen molar-refractivity contribution in [2.45, 2.75) is 38.6 Å². The van der Waals surface area contributed by atoms with Gasteiger partial charge in [0.1, 0.15) is 0 Å². The molecule has 2 rings (SSSR count). The Kier molecular flexibility index (Phi) is 3.35. The van der Waals surface area contributed by atoms with E-state index in [4.69, 9.17) is 0 Å². The Hall–Kier alpha value is -1.84. The van der Waals surface area contributed by atoms with Gasteiger partial charge in [-0.15, -0.1) is 0 Å². The van der Waals surface area contributed by atoms with Crippen LogP contribution in [0.3, 0.4) is 0 Å². The molecule has 0 aromatic heterocycles. The van der Waals surface area contributed by atoms with Gasteiger partial charge in [0.15, 0.2) is 0 Å². The Morgan fingerprint density at radius 1 is 1.47 bits per heavy atom. The Morgan fingerprint density at radius 2 is 2.16 bits per heavy atom. The first-order valence-electron chi connectivity index (χ1n) is 6.51. The molecule has 0 saturated carbocycles. The lowest BCUT2D eigenvalue weighted by molar-refractivity contribution is -0.400. The van der Waals surface area contributed by atoms with Crippen LogP contribution in [0.4, 0.5) is 5.69 Å². The molecule has 4 nitrogen and oxygen atoms in total. The summed E-state index contributed by atoms with van der Waals surface area (Å²) in [4.78, 5) is 12.2. The quantitative estimate of drug-likeness (QED) is 0.602. The second-order valence-electron chi connectivity index (χ2n) is 5.90. The molecule has 0 aliphatic carbocycles. The third-order valence-corrected chi connectivity index (χ3v) is 4.05. The number of hydrogen-bond acceptors (Lipinski definition) is 3. The van der Waals surface area contributed by atoms with Gasteiger partial charge in [0, 0.05) is 24.4 Å². The lowest BCUT2D eigenvalue weighted by Gasteiger charge is -2.45. The molecule has 1 aromatic rings. The molecule has 1 unspecified atom stereocenters. The number of benzene rings is 1. The van der Waals surface area contributed by atoms with Crippen LogP contribution < -0.4 is 4.90 Å². The molecule has 1 aromatic carbocycles. The van der Waals surface area contributed by atoms with Crippen LogP contribution in [0.15, 0.2) is 24.4 Å². The topological polar surface area (TPSA) is 46.4 Å². The van der Waals surface area contributed by atoms with E-state index in [0.717, 1.165) is 18.2 Å². The molecule has 0 radical (unpaired) electrons. The van der Waals surface area contributed by atoms with Crippen LogP contribution >= 0.6 is 0 Å². The fraction of sp³-hybridized carbons (Fsp3) is 0.467. The van der Waals surface area contributed by atoms with Gasteiger partial charge in [-0.25, -0.2) is 0 Å². The summed E-state index contributed by atoms with van der Waals surface area (Å²) in [5.74, 6) is 0.463. The maximum Gasteiger partial charge on any atom is 0.235 e. The SMILES string of the molecule is CC1CC(C)(C)N(C)c2ccc(/C=C\[N+](=O)[O-])cc21. The molecule has 0 amide bonds. The van der Waals surface area contributed by atoms with Crippen LogP contribution in [0.1, 0.15) is 44.2 Å². The van der Waals surface area contributed by atoms with Gasteiger partial charge in [-0.1, -0.05) is 13.0 Å². The van der Waals surface area contributed by atoms with E-state index in [9.17, 15) is 10.1 Å². The van der Waals surface area contributed by atoms with E-state index < -0.39 is 4.92 Å². The van der Waals surface area contributed by atoms with Crippen molar-refractivity contribution in [3.05, 3.63) is 45.6 Å². The number of anilines is 1. The summed E-state index contributed by atoms with van der Waals surface area (Å²) in [6, 6.07) is 6.06. The van der Waals surface area contributed by atoms with E-state index in [1.807, 2.05) is 6.07 Å². The first-order chi connectivity index (χ1) is 8.81. The molecule has 1 heterocycles. The van der Waals surface area contributed by atoms with Gasteiger partial charge in [-0.05, 0) is 49.4 Å². The van der Waals surface area contributed by atoms with Gasteiger partial charge in [0.05, 0.1) is 4.92 Å². The minimum Gasteiger partial charge on any atom is -0.369 e. The molecular formula is C15H20N2O2. The van der Waals surface area contributed by atoms with E-state index in [-0.39, 0.29) is 5.54 Å². The van der Waals surface area contributed by atoms with Crippen LogP contribution in [-0.2, 0) is 0 Å². The highest BCUT2D eigenvalue weighted by Gasteiger charge is 2.33. The summed E-state index contributed by atoms with van der Waals surface area (Å²) in [6.45, 7) is 6.70. The summed E-state index contributed by atoms with van der Waals surface area (Å²) in [5.41, 5.74) is 3.52. The maximum atomic E-state index is 10.4. The van der Waals surface area contributed by atoms with Crippen LogP contribution in [-0.4, -0.2) is 17.5 Å². The van der Waals surface area contributed by atoms with Crippen LogP contribution in [0, 0.1) is 10.1 Å². The van der Waals surface area contributed by atoms with Gasteiger partial charge in [0.25, 0.3) is 0 Å². The predicted molar refractivity (Wildman–Crippen MR) is 78.0 cm³/mol. The molecule has 102 valence electrons. The van der Waals surface area contributed by atoms with E-state index >= 15 is 0 Å². The maximum absolute atomic E-state index is 10.4. The Labute approximate surface area is 113 Å². The van der Waals surface area contributed by atoms with Crippen LogP contribution in [0.2, 0.25) is 0 Å². The third kappa shape index (κ3) is 2.62. The highest BCUT2D eigenvalue weighted by molar-refractivity contribution is 5.64. The van der Waals surface area contributed by atoms with Gasteiger partial charge in [-0.2, -0.15) is 0 Å². The van der Waals surface area contributed by atoms with Crippen LogP contribution in [0.25, 0.3) is 6.08 Å². The molecule has 0 saturated heterocycles. The molecule has 1 aliphatic rings. The van der Waals surface area contributed by atoms with Crippen molar-refractivity contribution in [2.75, 3.05) is 11.9 Å². The number of nitrogens with zero attached hydrogens (tertiary/aromatic N) is 2. The zero-order valence-corrected chi connectivity index (χ0v) is 11.9. The lowest BCUT2D eigenvalue weighted by atomic mass is 9.80. The highest BCUT2D eigenvalue weighted by atomic mass is 16.6. The largest absolute Gasteiger partial charge is 0.369 e. The van der Waals surface area contributed by atoms with Gasteiger partial charge in [-0.3, -0.25) is 10.1 Å². The van der Waals surface area contributed by atoms with Gasteiger partial charge >= 0.3 is 0 Å². The van der Waals surface area contributed by atoms with Crippen molar-refractivity contribution in [1.29, 1.82) is 0 Å². The van der Waals surface area contributed by atoms with Crippen LogP contribution in [0.5, 0.6) is 0 Å². The molecule has 0 N–H and O–H groups in total. The smallest absolute Gasteiger partial charge is 0.235 e. The summed E-state index contributed by atoms with van der Waals surface area (Å²) in [6.07, 6.45) is 3.62. The second-order valence-corrected chi connectivity index (χ2v) is 5.90. The second kappa shape index (κ2) is 4.68. The molecule has 4 heteroatoms.